The second-order valence-corrected chi connectivity index (χ2v) is 13.2. The van der Waals surface area contributed by atoms with Gasteiger partial charge in [-0.25, -0.2) is 0 Å². The molecule has 2 aromatic carbocycles. The van der Waals surface area contributed by atoms with Gasteiger partial charge in [0.1, 0.15) is 5.75 Å². The summed E-state index contributed by atoms with van der Waals surface area (Å²) < 4.78 is 29.1. The molecule has 0 bridgehead atoms. The van der Waals surface area contributed by atoms with E-state index in [1.807, 2.05) is 12.1 Å². The highest BCUT2D eigenvalue weighted by atomic mass is 28.3. The Morgan fingerprint density at radius 1 is 0.788 bits per heavy atom. The number of halogens is 2. The van der Waals surface area contributed by atoms with E-state index in [-0.39, 0.29) is 14.5 Å². The Bertz CT molecular complexity index is 820. The zero-order valence-corrected chi connectivity index (χ0v) is 21.1. The van der Waals surface area contributed by atoms with Crippen LogP contribution in [-0.4, -0.2) is 15.4 Å². The van der Waals surface area contributed by atoms with Crippen LogP contribution in [-0.2, 0) is 0 Å². The predicted octanol–water partition coefficient (Wildman–Crippen LogP) is 9.32. The first-order chi connectivity index (χ1) is 16.1. The number of ether oxygens (including phenoxy) is 1. The first-order valence-corrected chi connectivity index (χ1v) is 15.2. The van der Waals surface area contributed by atoms with Gasteiger partial charge in [-0.15, -0.1) is 0 Å². The molecular formula is C29H39F2OSi. The number of alkyl halides is 2. The predicted molar refractivity (Wildman–Crippen MR) is 136 cm³/mol. The van der Waals surface area contributed by atoms with Crippen molar-refractivity contribution < 1.29 is 13.5 Å². The first kappa shape index (κ1) is 24.4. The van der Waals surface area contributed by atoms with E-state index in [0.717, 1.165) is 23.0 Å². The van der Waals surface area contributed by atoms with Crippen molar-refractivity contribution in [2.75, 3.05) is 0 Å². The Kier molecular flexibility index (Phi) is 9.00. The fourth-order valence-electron chi connectivity index (χ4n) is 6.10. The molecule has 4 rings (SSSR count). The zero-order chi connectivity index (χ0) is 23.0. The Balaban J connectivity index is 1.24. The number of benzene rings is 2. The molecule has 0 aromatic heterocycles. The molecule has 0 amide bonds. The maximum absolute atomic E-state index is 12.3. The van der Waals surface area contributed by atoms with Crippen LogP contribution in [0.25, 0.3) is 11.1 Å². The minimum Gasteiger partial charge on any atom is -0.435 e. The van der Waals surface area contributed by atoms with E-state index in [2.05, 4.69) is 35.9 Å². The van der Waals surface area contributed by atoms with Crippen molar-refractivity contribution in [1.82, 2.24) is 0 Å². The highest BCUT2D eigenvalue weighted by Gasteiger charge is 2.31. The average Bonchev–Trinajstić information content (AvgIpc) is 2.85. The Labute approximate surface area is 200 Å². The molecule has 1 nitrogen and oxygen atoms in total. The average molecular weight is 470 g/mol. The topological polar surface area (TPSA) is 9.23 Å². The molecule has 0 spiro atoms. The molecule has 0 atom stereocenters. The fourth-order valence-corrected chi connectivity index (χ4v) is 9.15. The first-order valence-electron chi connectivity index (χ1n) is 13.1. The number of unbranched alkanes of at least 4 members (excludes halogenated alkanes) is 2. The smallest absolute Gasteiger partial charge is 0.387 e. The molecule has 33 heavy (non-hydrogen) atoms. The molecule has 1 aliphatic heterocycles. The van der Waals surface area contributed by atoms with Crippen LogP contribution in [0.15, 0.2) is 48.5 Å². The summed E-state index contributed by atoms with van der Waals surface area (Å²) in [7, 11) is -0.0188. The van der Waals surface area contributed by atoms with Crippen LogP contribution in [0.3, 0.4) is 0 Å². The van der Waals surface area contributed by atoms with E-state index >= 15 is 0 Å². The van der Waals surface area contributed by atoms with Crippen molar-refractivity contribution in [3.05, 3.63) is 54.1 Å². The minimum absolute atomic E-state index is 0.0188. The van der Waals surface area contributed by atoms with E-state index in [0.29, 0.717) is 5.92 Å². The maximum atomic E-state index is 12.3. The van der Waals surface area contributed by atoms with Crippen LogP contribution in [0, 0.1) is 11.8 Å². The van der Waals surface area contributed by atoms with Crippen molar-refractivity contribution in [2.24, 2.45) is 11.8 Å². The van der Waals surface area contributed by atoms with Crippen molar-refractivity contribution >= 4 is 8.80 Å². The Morgan fingerprint density at radius 2 is 1.36 bits per heavy atom. The summed E-state index contributed by atoms with van der Waals surface area (Å²) in [5, 5.41) is 0. The van der Waals surface area contributed by atoms with Gasteiger partial charge in [-0.2, -0.15) is 8.78 Å². The van der Waals surface area contributed by atoms with Gasteiger partial charge in [0.2, 0.25) is 0 Å². The fraction of sp³-hybridized carbons (Fsp3) is 0.586. The summed E-state index contributed by atoms with van der Waals surface area (Å²) in [5.74, 6) is 2.86. The lowest BCUT2D eigenvalue weighted by molar-refractivity contribution is -0.0498. The lowest BCUT2D eigenvalue weighted by Crippen LogP contribution is -2.28. The molecule has 1 aliphatic carbocycles. The highest BCUT2D eigenvalue weighted by molar-refractivity contribution is 6.58. The third-order valence-electron chi connectivity index (χ3n) is 8.10. The quantitative estimate of drug-likeness (QED) is 0.262. The van der Waals surface area contributed by atoms with Crippen molar-refractivity contribution in [2.45, 2.75) is 95.4 Å². The van der Waals surface area contributed by atoms with Gasteiger partial charge in [0, 0.05) is 8.80 Å². The minimum atomic E-state index is -2.78. The lowest BCUT2D eigenvalue weighted by Gasteiger charge is -2.37. The third-order valence-corrected chi connectivity index (χ3v) is 11.2. The molecule has 1 heterocycles. The van der Waals surface area contributed by atoms with E-state index in [1.165, 1.54) is 63.4 Å². The van der Waals surface area contributed by atoms with Gasteiger partial charge in [0.15, 0.2) is 0 Å². The van der Waals surface area contributed by atoms with Crippen LogP contribution in [0.2, 0.25) is 18.1 Å². The Morgan fingerprint density at radius 3 is 1.94 bits per heavy atom. The van der Waals surface area contributed by atoms with Crippen LogP contribution >= 0.6 is 0 Å². The van der Waals surface area contributed by atoms with Gasteiger partial charge in [0.25, 0.3) is 0 Å². The van der Waals surface area contributed by atoms with Gasteiger partial charge in [0.05, 0.1) is 0 Å². The molecule has 1 radical (unpaired) electrons. The largest absolute Gasteiger partial charge is 0.435 e. The molecule has 1 saturated heterocycles. The molecule has 0 N–H and O–H groups in total. The van der Waals surface area contributed by atoms with Gasteiger partial charge < -0.3 is 4.74 Å². The van der Waals surface area contributed by atoms with E-state index < -0.39 is 6.61 Å². The van der Waals surface area contributed by atoms with Gasteiger partial charge in [-0.1, -0.05) is 93.6 Å². The lowest BCUT2D eigenvalue weighted by atomic mass is 9.72. The number of rotatable bonds is 9. The van der Waals surface area contributed by atoms with Crippen molar-refractivity contribution in [3.8, 4) is 16.9 Å². The third kappa shape index (κ3) is 6.91. The van der Waals surface area contributed by atoms with Crippen molar-refractivity contribution in [1.29, 1.82) is 0 Å². The summed E-state index contributed by atoms with van der Waals surface area (Å²) in [5.41, 5.74) is 3.61. The summed E-state index contributed by atoms with van der Waals surface area (Å²) in [6.07, 6.45) is 12.8. The van der Waals surface area contributed by atoms with Gasteiger partial charge in [-0.05, 0) is 72.3 Å². The molecule has 0 unspecified atom stereocenters. The Hall–Kier alpha value is -1.68. The zero-order valence-electron chi connectivity index (χ0n) is 20.1. The van der Waals surface area contributed by atoms with Gasteiger partial charge >= 0.3 is 6.61 Å². The summed E-state index contributed by atoms with van der Waals surface area (Å²) in [6, 6.07) is 20.5. The molecule has 2 fully saturated rings. The monoisotopic (exact) mass is 469 g/mol. The molecule has 2 aliphatic rings. The second-order valence-electron chi connectivity index (χ2n) is 10.2. The molecular weight excluding hydrogens is 430 g/mol. The molecule has 4 heteroatoms. The van der Waals surface area contributed by atoms with Crippen molar-refractivity contribution in [3.63, 3.8) is 0 Å². The van der Waals surface area contributed by atoms with E-state index in [4.69, 9.17) is 0 Å². The molecule has 1 saturated carbocycles. The highest BCUT2D eigenvalue weighted by Crippen LogP contribution is 2.44. The van der Waals surface area contributed by atoms with Crippen LogP contribution < -0.4 is 4.74 Å². The number of hydrogen-bond donors (Lipinski definition) is 0. The van der Waals surface area contributed by atoms with Gasteiger partial charge in [-0.3, -0.25) is 0 Å². The number of hydrogen-bond acceptors (Lipinski definition) is 1. The van der Waals surface area contributed by atoms with Crippen LogP contribution in [0.4, 0.5) is 8.78 Å². The molecule has 2 aromatic rings. The summed E-state index contributed by atoms with van der Waals surface area (Å²) in [6.45, 7) is -0.467. The van der Waals surface area contributed by atoms with E-state index in [1.54, 1.807) is 30.3 Å². The standard InChI is InChI=1S/C29H39F2OSi/c1-2-3-4-19-33-20-17-27(18-21-33)25-11-9-23(10-12-25)22-5-7-24(8-6-22)26-13-15-28(16-14-26)32-29(30)31/h5-8,13-16,23,25,27,29H,2-4,9-12,17-21H2,1H3. The molecule has 179 valence electrons. The summed E-state index contributed by atoms with van der Waals surface area (Å²) in [4.78, 5) is 0. The van der Waals surface area contributed by atoms with Crippen LogP contribution in [0.5, 0.6) is 5.75 Å². The second kappa shape index (κ2) is 12.1. The maximum Gasteiger partial charge on any atom is 0.387 e. The summed E-state index contributed by atoms with van der Waals surface area (Å²) >= 11 is 0. The SMILES string of the molecule is CCCCC[Si]1CCC(C2CCC(c3ccc(-c4ccc(OC(F)F)cc4)cc3)CC2)CC1. The van der Waals surface area contributed by atoms with E-state index in [9.17, 15) is 8.78 Å². The van der Waals surface area contributed by atoms with Crippen LogP contribution in [0.1, 0.15) is 76.2 Å². The normalized spacial score (nSPS) is 22.5.